The van der Waals surface area contributed by atoms with Crippen LogP contribution in [0.3, 0.4) is 0 Å². The van der Waals surface area contributed by atoms with E-state index in [0.29, 0.717) is 12.1 Å². The van der Waals surface area contributed by atoms with Crippen LogP contribution in [0.1, 0.15) is 19.3 Å². The number of hydrogen-bond donors (Lipinski definition) is 1. The SMILES string of the molecule is CN1[C@@H]2CC(=NO)C[C@H]1C2. The maximum Gasteiger partial charge on any atom is 0.0602 e. The van der Waals surface area contributed by atoms with Gasteiger partial charge in [-0.15, -0.1) is 0 Å². The molecule has 3 rings (SSSR count). The molecule has 1 aliphatic carbocycles. The third-order valence-electron chi connectivity index (χ3n) is 2.78. The van der Waals surface area contributed by atoms with Crippen molar-refractivity contribution in [2.75, 3.05) is 7.05 Å². The summed E-state index contributed by atoms with van der Waals surface area (Å²) in [6.45, 7) is 0. The minimum Gasteiger partial charge on any atom is -0.411 e. The molecule has 3 heteroatoms. The van der Waals surface area contributed by atoms with Gasteiger partial charge in [0.05, 0.1) is 5.71 Å². The summed E-state index contributed by atoms with van der Waals surface area (Å²) in [6.07, 6.45) is 3.25. The minimum atomic E-state index is 0.671. The van der Waals surface area contributed by atoms with Gasteiger partial charge in [0.1, 0.15) is 0 Å². The first kappa shape index (κ1) is 6.16. The van der Waals surface area contributed by atoms with Crippen molar-refractivity contribution in [3.8, 4) is 0 Å². The Morgan fingerprint density at radius 1 is 1.50 bits per heavy atom. The van der Waals surface area contributed by atoms with Crippen molar-refractivity contribution in [3.63, 3.8) is 0 Å². The third-order valence-corrected chi connectivity index (χ3v) is 2.78. The van der Waals surface area contributed by atoms with Crippen molar-refractivity contribution >= 4 is 5.71 Å². The molecule has 0 amide bonds. The van der Waals surface area contributed by atoms with Gasteiger partial charge < -0.3 is 5.21 Å². The fourth-order valence-corrected chi connectivity index (χ4v) is 1.97. The summed E-state index contributed by atoms with van der Waals surface area (Å²) in [5, 5.41) is 11.7. The first-order valence-electron chi connectivity index (χ1n) is 3.73. The monoisotopic (exact) mass is 140 g/mol. The average molecular weight is 140 g/mol. The van der Waals surface area contributed by atoms with Crippen LogP contribution in [0, 0.1) is 0 Å². The molecule has 2 bridgehead atoms. The van der Waals surface area contributed by atoms with Crippen LogP contribution in [0.5, 0.6) is 0 Å². The number of oxime groups is 1. The van der Waals surface area contributed by atoms with Crippen LogP contribution in [0.25, 0.3) is 0 Å². The molecular weight excluding hydrogens is 128 g/mol. The van der Waals surface area contributed by atoms with E-state index in [1.54, 1.807) is 0 Å². The Hall–Kier alpha value is -0.570. The molecule has 1 N–H and O–H groups in total. The van der Waals surface area contributed by atoms with E-state index in [1.165, 1.54) is 6.42 Å². The molecule has 0 radical (unpaired) electrons. The van der Waals surface area contributed by atoms with Gasteiger partial charge in [0.2, 0.25) is 0 Å². The number of hydrogen-bond acceptors (Lipinski definition) is 3. The molecule has 3 fully saturated rings. The molecule has 0 aromatic rings. The van der Waals surface area contributed by atoms with Gasteiger partial charge in [-0.3, -0.25) is 4.90 Å². The highest BCUT2D eigenvalue weighted by molar-refractivity contribution is 5.86. The second-order valence-corrected chi connectivity index (χ2v) is 3.28. The normalized spacial score (nSPS) is 43.5. The number of piperidine rings is 1. The Kier molecular flexibility index (Phi) is 1.20. The number of fused-ring (bicyclic) bond motifs is 2. The molecule has 3 nitrogen and oxygen atoms in total. The summed E-state index contributed by atoms with van der Waals surface area (Å²) in [4.78, 5) is 2.37. The topological polar surface area (TPSA) is 35.8 Å². The second kappa shape index (κ2) is 1.95. The van der Waals surface area contributed by atoms with Crippen molar-refractivity contribution in [2.24, 2.45) is 5.16 Å². The van der Waals surface area contributed by atoms with E-state index < -0.39 is 0 Å². The fourth-order valence-electron chi connectivity index (χ4n) is 1.97. The summed E-state index contributed by atoms with van der Waals surface area (Å²) in [7, 11) is 2.15. The molecule has 2 heterocycles. The maximum absolute atomic E-state index is 8.49. The molecule has 56 valence electrons. The highest BCUT2D eigenvalue weighted by atomic mass is 16.4. The summed E-state index contributed by atoms with van der Waals surface area (Å²) in [5.74, 6) is 0. The van der Waals surface area contributed by atoms with Crippen LogP contribution in [-0.2, 0) is 0 Å². The zero-order valence-corrected chi connectivity index (χ0v) is 6.12. The Bertz CT molecular complexity index is 164. The van der Waals surface area contributed by atoms with Gasteiger partial charge in [0, 0.05) is 24.9 Å². The first-order valence-corrected chi connectivity index (χ1v) is 3.73. The highest BCUT2D eigenvalue weighted by Gasteiger charge is 2.41. The maximum atomic E-state index is 8.49. The van der Waals surface area contributed by atoms with Crippen molar-refractivity contribution < 1.29 is 5.21 Å². The average Bonchev–Trinajstić information content (AvgIpc) is 2.04. The molecule has 0 spiro atoms. The van der Waals surface area contributed by atoms with Crippen molar-refractivity contribution in [1.82, 2.24) is 4.90 Å². The molecule has 0 aromatic carbocycles. The smallest absolute Gasteiger partial charge is 0.0602 e. The van der Waals surface area contributed by atoms with Gasteiger partial charge in [0.25, 0.3) is 0 Å². The molecular formula is C7H12N2O. The standard InChI is InChI=1S/C7H12N2O/c1-9-6-2-5(8-10)3-7(9)4-6/h6-7,10H,2-4H2,1H3/t6-,7+. The predicted molar refractivity (Wildman–Crippen MR) is 38.4 cm³/mol. The third kappa shape index (κ3) is 0.669. The van der Waals surface area contributed by atoms with Crippen LogP contribution in [0.15, 0.2) is 5.16 Å². The lowest BCUT2D eigenvalue weighted by Crippen LogP contribution is -2.58. The Morgan fingerprint density at radius 2 is 2.10 bits per heavy atom. The largest absolute Gasteiger partial charge is 0.411 e. The van der Waals surface area contributed by atoms with Crippen LogP contribution < -0.4 is 0 Å². The van der Waals surface area contributed by atoms with Crippen molar-refractivity contribution in [3.05, 3.63) is 0 Å². The Balaban J connectivity index is 2.06. The summed E-state index contributed by atoms with van der Waals surface area (Å²) in [6, 6.07) is 1.34. The van der Waals surface area contributed by atoms with Gasteiger partial charge in [-0.05, 0) is 13.5 Å². The lowest BCUT2D eigenvalue weighted by atomic mass is 9.79. The van der Waals surface area contributed by atoms with E-state index in [2.05, 4.69) is 17.1 Å². The lowest BCUT2D eigenvalue weighted by molar-refractivity contribution is 0.0362. The summed E-state index contributed by atoms with van der Waals surface area (Å²) >= 11 is 0. The van der Waals surface area contributed by atoms with Gasteiger partial charge >= 0.3 is 0 Å². The fraction of sp³-hybridized carbons (Fsp3) is 0.857. The van der Waals surface area contributed by atoms with Crippen LogP contribution in [0.2, 0.25) is 0 Å². The lowest BCUT2D eigenvalue weighted by Gasteiger charge is -2.50. The van der Waals surface area contributed by atoms with E-state index in [1.807, 2.05) is 0 Å². The molecule has 10 heavy (non-hydrogen) atoms. The van der Waals surface area contributed by atoms with Gasteiger partial charge in [0.15, 0.2) is 0 Å². The molecule has 2 saturated heterocycles. The molecule has 2 aliphatic heterocycles. The first-order chi connectivity index (χ1) is 4.81. The Morgan fingerprint density at radius 3 is 2.50 bits per heavy atom. The summed E-state index contributed by atoms with van der Waals surface area (Å²) < 4.78 is 0. The van der Waals surface area contributed by atoms with E-state index in [0.717, 1.165) is 18.6 Å². The quantitative estimate of drug-likeness (QED) is 0.397. The zero-order valence-electron chi connectivity index (χ0n) is 6.12. The molecule has 2 atom stereocenters. The summed E-state index contributed by atoms with van der Waals surface area (Å²) in [5.41, 5.74) is 0.986. The van der Waals surface area contributed by atoms with Gasteiger partial charge in [-0.2, -0.15) is 0 Å². The minimum absolute atomic E-state index is 0.671. The molecule has 0 aromatic heterocycles. The Labute approximate surface area is 60.3 Å². The molecule has 1 saturated carbocycles. The zero-order chi connectivity index (χ0) is 7.14. The molecule has 0 unspecified atom stereocenters. The van der Waals surface area contributed by atoms with Crippen molar-refractivity contribution in [1.29, 1.82) is 0 Å². The highest BCUT2D eigenvalue weighted by Crippen LogP contribution is 2.34. The molecule has 3 aliphatic rings. The van der Waals surface area contributed by atoms with E-state index in [9.17, 15) is 0 Å². The van der Waals surface area contributed by atoms with Gasteiger partial charge in [-0.25, -0.2) is 0 Å². The number of rotatable bonds is 0. The van der Waals surface area contributed by atoms with Crippen LogP contribution in [0.4, 0.5) is 0 Å². The van der Waals surface area contributed by atoms with E-state index >= 15 is 0 Å². The predicted octanol–water partition coefficient (Wildman–Crippen LogP) is 0.683. The number of nitrogens with zero attached hydrogens (tertiary/aromatic N) is 2. The van der Waals surface area contributed by atoms with Crippen LogP contribution in [-0.4, -0.2) is 35.0 Å². The van der Waals surface area contributed by atoms with Crippen molar-refractivity contribution in [2.45, 2.75) is 31.3 Å². The van der Waals surface area contributed by atoms with Gasteiger partial charge in [-0.1, -0.05) is 5.16 Å². The second-order valence-electron chi connectivity index (χ2n) is 3.28. The van der Waals surface area contributed by atoms with E-state index in [-0.39, 0.29) is 0 Å². The van der Waals surface area contributed by atoms with E-state index in [4.69, 9.17) is 5.21 Å². The van der Waals surface area contributed by atoms with Crippen LogP contribution >= 0.6 is 0 Å².